The van der Waals surface area contributed by atoms with Gasteiger partial charge in [-0.15, -0.1) is 0 Å². The van der Waals surface area contributed by atoms with Crippen molar-refractivity contribution in [2.45, 2.75) is 20.8 Å². The van der Waals surface area contributed by atoms with E-state index in [-0.39, 0.29) is 11.8 Å². The van der Waals surface area contributed by atoms with Crippen LogP contribution >= 0.6 is 11.6 Å². The first-order valence-corrected chi connectivity index (χ1v) is 10.5. The van der Waals surface area contributed by atoms with Crippen molar-refractivity contribution >= 4 is 35.2 Å². The molecule has 0 radical (unpaired) electrons. The first kappa shape index (κ1) is 22.1. The lowest BCUT2D eigenvalue weighted by Gasteiger charge is -2.33. The minimum atomic E-state index is -0.0247. The normalized spacial score (nSPS) is 14.9. The van der Waals surface area contributed by atoms with E-state index >= 15 is 0 Å². The summed E-state index contributed by atoms with van der Waals surface area (Å²) in [5.41, 5.74) is 4.91. The van der Waals surface area contributed by atoms with Gasteiger partial charge < -0.3 is 10.2 Å². The lowest BCUT2D eigenvalue weighted by molar-refractivity contribution is -0.127. The van der Waals surface area contributed by atoms with Crippen LogP contribution in [0, 0.1) is 20.8 Å². The molecule has 6 heteroatoms. The Kier molecular flexibility index (Phi) is 7.29. The SMILES string of the molecule is Cc1ccc(/C=C/C(=O)N2CCN(CC(=O)Nc3c(C)cccc3C)CC2)cc1Cl. The van der Waals surface area contributed by atoms with E-state index in [4.69, 9.17) is 11.6 Å². The standard InChI is InChI=1S/C24H28ClN3O2/c1-17-7-8-20(15-21(17)25)9-10-23(30)28-13-11-27(12-14-28)16-22(29)26-24-18(2)5-4-6-19(24)3/h4-10,15H,11-14,16H2,1-3H3,(H,26,29)/b10-9+. The zero-order valence-corrected chi connectivity index (χ0v) is 18.5. The third-order valence-electron chi connectivity index (χ3n) is 5.41. The quantitative estimate of drug-likeness (QED) is 0.735. The molecular weight excluding hydrogens is 398 g/mol. The Morgan fingerprint density at radius 2 is 1.67 bits per heavy atom. The van der Waals surface area contributed by atoms with E-state index in [1.807, 2.05) is 62.1 Å². The van der Waals surface area contributed by atoms with Crippen LogP contribution in [0.5, 0.6) is 0 Å². The minimum absolute atomic E-state index is 0.0219. The summed E-state index contributed by atoms with van der Waals surface area (Å²) in [7, 11) is 0. The first-order chi connectivity index (χ1) is 14.3. The molecule has 3 rings (SSSR count). The van der Waals surface area contributed by atoms with Crippen LogP contribution in [0.2, 0.25) is 5.02 Å². The number of hydrogen-bond acceptors (Lipinski definition) is 3. The van der Waals surface area contributed by atoms with Crippen molar-refractivity contribution in [2.75, 3.05) is 38.0 Å². The smallest absolute Gasteiger partial charge is 0.246 e. The summed E-state index contributed by atoms with van der Waals surface area (Å²) < 4.78 is 0. The summed E-state index contributed by atoms with van der Waals surface area (Å²) >= 11 is 6.14. The van der Waals surface area contributed by atoms with Crippen LogP contribution in [0.15, 0.2) is 42.5 Å². The van der Waals surface area contributed by atoms with Gasteiger partial charge in [-0.3, -0.25) is 14.5 Å². The number of piperazine rings is 1. The van der Waals surface area contributed by atoms with Gasteiger partial charge in [0, 0.05) is 43.0 Å². The van der Waals surface area contributed by atoms with Gasteiger partial charge in [0.15, 0.2) is 0 Å². The second-order valence-electron chi connectivity index (χ2n) is 7.76. The average molecular weight is 426 g/mol. The molecule has 1 aliphatic rings. The van der Waals surface area contributed by atoms with Crippen molar-refractivity contribution in [2.24, 2.45) is 0 Å². The fourth-order valence-electron chi connectivity index (χ4n) is 3.51. The number of hydrogen-bond donors (Lipinski definition) is 1. The monoisotopic (exact) mass is 425 g/mol. The molecule has 1 saturated heterocycles. The van der Waals surface area contributed by atoms with Gasteiger partial charge in [-0.1, -0.05) is 41.9 Å². The van der Waals surface area contributed by atoms with E-state index in [1.165, 1.54) is 0 Å². The van der Waals surface area contributed by atoms with E-state index in [1.54, 1.807) is 12.2 Å². The number of nitrogens with zero attached hydrogens (tertiary/aromatic N) is 2. The Balaban J connectivity index is 1.48. The van der Waals surface area contributed by atoms with Gasteiger partial charge in [-0.2, -0.15) is 0 Å². The van der Waals surface area contributed by atoms with Crippen LogP contribution < -0.4 is 5.32 Å². The average Bonchev–Trinajstić information content (AvgIpc) is 2.72. The number of halogens is 1. The molecule has 0 aromatic heterocycles. The third kappa shape index (κ3) is 5.71. The van der Waals surface area contributed by atoms with Crippen molar-refractivity contribution in [3.8, 4) is 0 Å². The molecular formula is C24H28ClN3O2. The van der Waals surface area contributed by atoms with Crippen LogP contribution in [0.25, 0.3) is 6.08 Å². The van der Waals surface area contributed by atoms with Crippen LogP contribution in [0.1, 0.15) is 22.3 Å². The maximum Gasteiger partial charge on any atom is 0.246 e. The van der Waals surface area contributed by atoms with E-state index in [0.29, 0.717) is 37.7 Å². The number of carbonyl (C=O) groups is 2. The molecule has 1 fully saturated rings. The molecule has 158 valence electrons. The third-order valence-corrected chi connectivity index (χ3v) is 5.82. The Morgan fingerprint density at radius 3 is 2.30 bits per heavy atom. The van der Waals surface area contributed by atoms with Crippen molar-refractivity contribution in [1.82, 2.24) is 9.80 Å². The molecule has 0 atom stereocenters. The molecule has 2 aromatic rings. The zero-order valence-electron chi connectivity index (χ0n) is 17.7. The molecule has 0 aliphatic carbocycles. The summed E-state index contributed by atoms with van der Waals surface area (Å²) in [4.78, 5) is 28.8. The molecule has 0 bridgehead atoms. The van der Waals surface area contributed by atoms with Gasteiger partial charge in [0.25, 0.3) is 0 Å². The molecule has 1 heterocycles. The summed E-state index contributed by atoms with van der Waals surface area (Å²) in [6.07, 6.45) is 3.38. The lowest BCUT2D eigenvalue weighted by Crippen LogP contribution is -2.50. The van der Waals surface area contributed by atoms with Crippen molar-refractivity contribution in [3.05, 3.63) is 69.8 Å². The second-order valence-corrected chi connectivity index (χ2v) is 8.17. The number of amides is 2. The molecule has 30 heavy (non-hydrogen) atoms. The second kappa shape index (κ2) is 9.92. The van der Waals surface area contributed by atoms with Crippen LogP contribution in [0.3, 0.4) is 0 Å². The Labute approximate surface area is 183 Å². The van der Waals surface area contributed by atoms with Crippen LogP contribution in [0.4, 0.5) is 5.69 Å². The molecule has 0 unspecified atom stereocenters. The number of nitrogens with one attached hydrogen (secondary N) is 1. The van der Waals surface area contributed by atoms with Crippen LogP contribution in [-0.4, -0.2) is 54.3 Å². The summed E-state index contributed by atoms with van der Waals surface area (Å²) in [5, 5.41) is 3.72. The number of rotatable bonds is 5. The fraction of sp³-hybridized carbons (Fsp3) is 0.333. The van der Waals surface area contributed by atoms with Crippen molar-refractivity contribution in [3.63, 3.8) is 0 Å². The van der Waals surface area contributed by atoms with E-state index in [9.17, 15) is 9.59 Å². The molecule has 2 aromatic carbocycles. The zero-order chi connectivity index (χ0) is 21.7. The molecule has 0 spiro atoms. The van der Waals surface area contributed by atoms with E-state index in [2.05, 4.69) is 10.2 Å². The number of para-hydroxylation sites is 1. The van der Waals surface area contributed by atoms with Gasteiger partial charge in [-0.05, 0) is 55.2 Å². The minimum Gasteiger partial charge on any atom is -0.337 e. The lowest BCUT2D eigenvalue weighted by atomic mass is 10.1. The number of anilines is 1. The molecule has 5 nitrogen and oxygen atoms in total. The molecule has 2 amide bonds. The largest absolute Gasteiger partial charge is 0.337 e. The van der Waals surface area contributed by atoms with Gasteiger partial charge in [0.2, 0.25) is 11.8 Å². The van der Waals surface area contributed by atoms with Gasteiger partial charge in [-0.25, -0.2) is 0 Å². The summed E-state index contributed by atoms with van der Waals surface area (Å²) in [6, 6.07) is 11.7. The highest BCUT2D eigenvalue weighted by Gasteiger charge is 2.21. The van der Waals surface area contributed by atoms with Gasteiger partial charge in [0.05, 0.1) is 6.54 Å². The highest BCUT2D eigenvalue weighted by molar-refractivity contribution is 6.31. The predicted octanol–water partition coefficient (Wildman–Crippen LogP) is 4.06. The highest BCUT2D eigenvalue weighted by atomic mass is 35.5. The van der Waals surface area contributed by atoms with Crippen molar-refractivity contribution < 1.29 is 9.59 Å². The molecule has 1 N–H and O–H groups in total. The predicted molar refractivity (Wildman–Crippen MR) is 123 cm³/mol. The van der Waals surface area contributed by atoms with Crippen LogP contribution in [-0.2, 0) is 9.59 Å². The fourth-order valence-corrected chi connectivity index (χ4v) is 3.69. The topological polar surface area (TPSA) is 52.7 Å². The number of aryl methyl sites for hydroxylation is 3. The van der Waals surface area contributed by atoms with Crippen molar-refractivity contribution in [1.29, 1.82) is 0 Å². The summed E-state index contributed by atoms with van der Waals surface area (Å²) in [6.45, 7) is 8.82. The number of carbonyl (C=O) groups excluding carboxylic acids is 2. The summed E-state index contributed by atoms with van der Waals surface area (Å²) in [5.74, 6) is -0.0466. The maximum atomic E-state index is 12.5. The molecule has 1 aliphatic heterocycles. The Morgan fingerprint density at radius 1 is 1.00 bits per heavy atom. The first-order valence-electron chi connectivity index (χ1n) is 10.1. The number of benzene rings is 2. The Hall–Kier alpha value is -2.63. The van der Waals surface area contributed by atoms with E-state index in [0.717, 1.165) is 27.9 Å². The highest BCUT2D eigenvalue weighted by Crippen LogP contribution is 2.20. The van der Waals surface area contributed by atoms with Gasteiger partial charge in [0.1, 0.15) is 0 Å². The van der Waals surface area contributed by atoms with E-state index < -0.39 is 0 Å². The Bertz CT molecular complexity index is 943. The van der Waals surface area contributed by atoms with Gasteiger partial charge >= 0.3 is 0 Å². The maximum absolute atomic E-state index is 12.5. The molecule has 0 saturated carbocycles.